The summed E-state index contributed by atoms with van der Waals surface area (Å²) in [6, 6.07) is 7.34. The Bertz CT molecular complexity index is 692. The molecule has 130 valence electrons. The maximum Gasteiger partial charge on any atom is 0.251 e. The first-order valence-corrected chi connectivity index (χ1v) is 8.07. The molecular weight excluding hydrogens is 304 g/mol. The molecule has 0 aliphatic rings. The van der Waals surface area contributed by atoms with Gasteiger partial charge in [0.1, 0.15) is 0 Å². The van der Waals surface area contributed by atoms with Crippen LogP contribution in [0.25, 0.3) is 0 Å². The number of benzene rings is 1. The van der Waals surface area contributed by atoms with Gasteiger partial charge >= 0.3 is 0 Å². The summed E-state index contributed by atoms with van der Waals surface area (Å²) < 4.78 is 1.71. The van der Waals surface area contributed by atoms with Gasteiger partial charge in [-0.15, -0.1) is 0 Å². The lowest BCUT2D eigenvalue weighted by Gasteiger charge is -2.26. The van der Waals surface area contributed by atoms with Crippen molar-refractivity contribution >= 4 is 17.3 Å². The van der Waals surface area contributed by atoms with Crippen LogP contribution in [0.3, 0.4) is 0 Å². The number of hydrogen-bond donors (Lipinski definition) is 3. The lowest BCUT2D eigenvalue weighted by Crippen LogP contribution is -2.35. The predicted molar refractivity (Wildman–Crippen MR) is 95.3 cm³/mol. The van der Waals surface area contributed by atoms with Crippen molar-refractivity contribution in [1.82, 2.24) is 15.1 Å². The van der Waals surface area contributed by atoms with E-state index in [9.17, 15) is 9.90 Å². The summed E-state index contributed by atoms with van der Waals surface area (Å²) in [7, 11) is 1.85. The predicted octanol–water partition coefficient (Wildman–Crippen LogP) is 2.69. The van der Waals surface area contributed by atoms with Gasteiger partial charge in [0.25, 0.3) is 5.91 Å². The molecule has 6 heteroatoms. The molecule has 6 nitrogen and oxygen atoms in total. The van der Waals surface area contributed by atoms with Gasteiger partial charge in [0.15, 0.2) is 0 Å². The molecule has 0 spiro atoms. The summed E-state index contributed by atoms with van der Waals surface area (Å²) in [5.41, 5.74) is 2.14. The van der Waals surface area contributed by atoms with Crippen molar-refractivity contribution in [3.63, 3.8) is 0 Å². The first-order chi connectivity index (χ1) is 11.2. The van der Waals surface area contributed by atoms with E-state index in [4.69, 9.17) is 0 Å². The van der Waals surface area contributed by atoms with Gasteiger partial charge in [0.05, 0.1) is 18.0 Å². The summed E-state index contributed by atoms with van der Waals surface area (Å²) in [4.78, 5) is 12.4. The minimum Gasteiger partial charge on any atom is -0.393 e. The molecule has 1 atom stereocenters. The average molecular weight is 330 g/mol. The van der Waals surface area contributed by atoms with E-state index in [2.05, 4.69) is 15.7 Å². The summed E-state index contributed by atoms with van der Waals surface area (Å²) in [5, 5.41) is 19.8. The summed E-state index contributed by atoms with van der Waals surface area (Å²) >= 11 is 0. The molecule has 1 amide bonds. The highest BCUT2D eigenvalue weighted by Gasteiger charge is 2.21. The Morgan fingerprint density at radius 2 is 2.12 bits per heavy atom. The fourth-order valence-corrected chi connectivity index (χ4v) is 2.68. The third kappa shape index (κ3) is 5.38. The molecule has 1 heterocycles. The lowest BCUT2D eigenvalue weighted by atomic mass is 9.87. The smallest absolute Gasteiger partial charge is 0.251 e. The van der Waals surface area contributed by atoms with Crippen LogP contribution in [0, 0.1) is 5.41 Å². The van der Waals surface area contributed by atoms with E-state index in [-0.39, 0.29) is 17.4 Å². The van der Waals surface area contributed by atoms with E-state index in [0.29, 0.717) is 18.5 Å². The normalized spacial score (nSPS) is 12.7. The van der Waals surface area contributed by atoms with E-state index in [1.807, 2.05) is 45.3 Å². The molecule has 1 aromatic heterocycles. The maximum atomic E-state index is 12.4. The first-order valence-electron chi connectivity index (χ1n) is 8.07. The van der Waals surface area contributed by atoms with Gasteiger partial charge in [-0.2, -0.15) is 5.10 Å². The van der Waals surface area contributed by atoms with Gasteiger partial charge < -0.3 is 15.7 Å². The molecule has 0 saturated carbocycles. The van der Waals surface area contributed by atoms with Gasteiger partial charge in [-0.25, -0.2) is 0 Å². The van der Waals surface area contributed by atoms with Crippen molar-refractivity contribution in [2.45, 2.75) is 33.3 Å². The minimum absolute atomic E-state index is 0.122. The Morgan fingerprint density at radius 3 is 2.75 bits per heavy atom. The van der Waals surface area contributed by atoms with Crippen molar-refractivity contribution in [2.24, 2.45) is 12.5 Å². The van der Waals surface area contributed by atoms with Gasteiger partial charge in [-0.05, 0) is 37.0 Å². The van der Waals surface area contributed by atoms with Crippen molar-refractivity contribution in [3.8, 4) is 0 Å². The van der Waals surface area contributed by atoms with Crippen LogP contribution in [0.4, 0.5) is 11.4 Å². The average Bonchev–Trinajstić information content (AvgIpc) is 2.89. The molecule has 1 unspecified atom stereocenters. The number of anilines is 2. The van der Waals surface area contributed by atoms with Crippen molar-refractivity contribution in [1.29, 1.82) is 0 Å². The first kappa shape index (κ1) is 18.0. The van der Waals surface area contributed by atoms with Crippen molar-refractivity contribution in [2.75, 3.05) is 11.9 Å². The number of nitrogens with zero attached hydrogens (tertiary/aromatic N) is 2. The number of amides is 1. The number of aliphatic hydroxyl groups is 1. The highest BCUT2D eigenvalue weighted by molar-refractivity contribution is 5.95. The third-order valence-electron chi connectivity index (χ3n) is 3.69. The van der Waals surface area contributed by atoms with Crippen LogP contribution in [0.15, 0.2) is 36.7 Å². The molecule has 0 aliphatic heterocycles. The molecule has 24 heavy (non-hydrogen) atoms. The minimum atomic E-state index is -0.385. The summed E-state index contributed by atoms with van der Waals surface area (Å²) in [6.45, 7) is 6.33. The van der Waals surface area contributed by atoms with Gasteiger partial charge in [-0.3, -0.25) is 9.48 Å². The zero-order valence-electron chi connectivity index (χ0n) is 14.7. The number of aliphatic hydroxyl groups excluding tert-OH is 1. The van der Waals surface area contributed by atoms with Crippen LogP contribution in [-0.4, -0.2) is 33.4 Å². The van der Waals surface area contributed by atoms with E-state index >= 15 is 0 Å². The Morgan fingerprint density at radius 1 is 1.38 bits per heavy atom. The van der Waals surface area contributed by atoms with Crippen LogP contribution in [0.1, 0.15) is 37.6 Å². The molecule has 0 bridgehead atoms. The number of aryl methyl sites for hydroxylation is 1. The molecule has 2 aromatic rings. The van der Waals surface area contributed by atoms with E-state index in [1.54, 1.807) is 23.9 Å². The highest BCUT2D eigenvalue weighted by atomic mass is 16.3. The zero-order chi connectivity index (χ0) is 17.7. The van der Waals surface area contributed by atoms with Crippen LogP contribution in [0.5, 0.6) is 0 Å². The topological polar surface area (TPSA) is 79.2 Å². The molecule has 0 fully saturated rings. The number of carbonyl (C=O) groups excluding carboxylic acids is 1. The Labute approximate surface area is 142 Å². The second-order valence-electron chi connectivity index (χ2n) is 7.01. The second-order valence-corrected chi connectivity index (χ2v) is 7.01. The standard InChI is InChI=1S/C18H26N4O2/c1-13(23)9-18(2,3)12-19-17(24)14-6-5-7-15(8-14)21-16-10-20-22(4)11-16/h5-8,10-11,13,21,23H,9,12H2,1-4H3,(H,19,24). The van der Waals surface area contributed by atoms with E-state index in [1.165, 1.54) is 0 Å². The van der Waals surface area contributed by atoms with Crippen LogP contribution >= 0.6 is 0 Å². The van der Waals surface area contributed by atoms with E-state index < -0.39 is 0 Å². The van der Waals surface area contributed by atoms with E-state index in [0.717, 1.165) is 11.4 Å². The van der Waals surface area contributed by atoms with Crippen LogP contribution < -0.4 is 10.6 Å². The van der Waals surface area contributed by atoms with Gasteiger partial charge in [0.2, 0.25) is 0 Å². The maximum absolute atomic E-state index is 12.4. The number of rotatable bonds is 7. The fourth-order valence-electron chi connectivity index (χ4n) is 2.68. The molecule has 1 aromatic carbocycles. The highest BCUT2D eigenvalue weighted by Crippen LogP contribution is 2.22. The molecule has 0 aliphatic carbocycles. The largest absolute Gasteiger partial charge is 0.393 e. The lowest BCUT2D eigenvalue weighted by molar-refractivity contribution is 0.0902. The monoisotopic (exact) mass is 330 g/mol. The Balaban J connectivity index is 1.98. The van der Waals surface area contributed by atoms with Crippen molar-refractivity contribution < 1.29 is 9.90 Å². The number of nitrogens with one attached hydrogen (secondary N) is 2. The molecule has 2 rings (SSSR count). The third-order valence-corrected chi connectivity index (χ3v) is 3.69. The van der Waals surface area contributed by atoms with Gasteiger partial charge in [0, 0.05) is 31.0 Å². The quantitative estimate of drug-likeness (QED) is 0.729. The molecule has 3 N–H and O–H groups in total. The number of hydrogen-bond acceptors (Lipinski definition) is 4. The van der Waals surface area contributed by atoms with Gasteiger partial charge in [-0.1, -0.05) is 19.9 Å². The second kappa shape index (κ2) is 7.49. The SMILES string of the molecule is CC(O)CC(C)(C)CNC(=O)c1cccc(Nc2cnn(C)c2)c1. The fraction of sp³-hybridized carbons (Fsp3) is 0.444. The number of aromatic nitrogens is 2. The molecule has 0 saturated heterocycles. The number of carbonyl (C=O) groups is 1. The molecule has 0 radical (unpaired) electrons. The van der Waals surface area contributed by atoms with Crippen molar-refractivity contribution in [3.05, 3.63) is 42.2 Å². The van der Waals surface area contributed by atoms with Crippen LogP contribution in [0.2, 0.25) is 0 Å². The summed E-state index contributed by atoms with van der Waals surface area (Å²) in [5.74, 6) is -0.122. The van der Waals surface area contributed by atoms with Crippen LogP contribution in [-0.2, 0) is 7.05 Å². The molecular formula is C18H26N4O2. The Hall–Kier alpha value is -2.34. The zero-order valence-corrected chi connectivity index (χ0v) is 14.7. The summed E-state index contributed by atoms with van der Waals surface area (Å²) in [6.07, 6.45) is 3.84. The Kier molecular flexibility index (Phi) is 5.62.